The number of hydrazone groups is 1. The summed E-state index contributed by atoms with van der Waals surface area (Å²) in [5.74, 6) is 6.31. The first-order chi connectivity index (χ1) is 18.0. The molecular formula is C31H32N4O2. The van der Waals surface area contributed by atoms with E-state index in [1.807, 2.05) is 92.0 Å². The zero-order chi connectivity index (χ0) is 26.0. The van der Waals surface area contributed by atoms with Gasteiger partial charge in [0.2, 0.25) is 5.91 Å². The minimum atomic E-state index is 0.0528. The molecule has 0 bridgehead atoms. The van der Waals surface area contributed by atoms with E-state index >= 15 is 0 Å². The molecule has 4 rings (SSSR count). The van der Waals surface area contributed by atoms with Crippen LogP contribution in [0, 0.1) is 0 Å². The second kappa shape index (κ2) is 12.4. The Balaban J connectivity index is 1.61. The van der Waals surface area contributed by atoms with Crippen LogP contribution in [-0.4, -0.2) is 30.2 Å². The van der Waals surface area contributed by atoms with Crippen molar-refractivity contribution in [2.45, 2.75) is 19.4 Å². The molecule has 0 fully saturated rings. The lowest BCUT2D eigenvalue weighted by Crippen LogP contribution is -2.30. The Morgan fingerprint density at radius 3 is 2.32 bits per heavy atom. The smallest absolute Gasteiger partial charge is 0.226 e. The first kappa shape index (κ1) is 25.5. The van der Waals surface area contributed by atoms with Crippen molar-refractivity contribution in [2.24, 2.45) is 16.7 Å². The molecule has 4 aromatic carbocycles. The van der Waals surface area contributed by atoms with Crippen molar-refractivity contribution in [3.05, 3.63) is 119 Å². The Morgan fingerprint density at radius 2 is 1.62 bits per heavy atom. The van der Waals surface area contributed by atoms with Crippen LogP contribution in [0.1, 0.15) is 22.3 Å². The van der Waals surface area contributed by atoms with Gasteiger partial charge in [-0.15, -0.1) is 0 Å². The van der Waals surface area contributed by atoms with Crippen molar-refractivity contribution in [1.82, 2.24) is 4.90 Å². The SMILES string of the molecule is CN(CCc1ccccc1)C(=O)Cc1cc(/C=C/C(N)=N/N)cc2c(OCc3ccccc3)cccc12. The van der Waals surface area contributed by atoms with Gasteiger partial charge in [0.25, 0.3) is 0 Å². The van der Waals surface area contributed by atoms with Gasteiger partial charge in [-0.3, -0.25) is 4.79 Å². The van der Waals surface area contributed by atoms with Crippen LogP contribution in [0.15, 0.2) is 102 Å². The quantitative estimate of drug-likeness (QED) is 0.142. The number of hydrogen-bond acceptors (Lipinski definition) is 4. The fourth-order valence-electron chi connectivity index (χ4n) is 4.15. The minimum Gasteiger partial charge on any atom is -0.488 e. The van der Waals surface area contributed by atoms with E-state index in [9.17, 15) is 4.79 Å². The molecule has 0 unspecified atom stereocenters. The molecule has 6 nitrogen and oxygen atoms in total. The summed E-state index contributed by atoms with van der Waals surface area (Å²) >= 11 is 0. The number of carbonyl (C=O) groups excluding carboxylic acids is 1. The first-order valence-electron chi connectivity index (χ1n) is 12.2. The van der Waals surface area contributed by atoms with Crippen molar-refractivity contribution in [3.63, 3.8) is 0 Å². The van der Waals surface area contributed by atoms with E-state index in [0.717, 1.165) is 39.6 Å². The molecule has 4 aromatic rings. The third-order valence-corrected chi connectivity index (χ3v) is 6.24. The van der Waals surface area contributed by atoms with E-state index in [0.29, 0.717) is 13.2 Å². The summed E-state index contributed by atoms with van der Waals surface area (Å²) in [5, 5.41) is 5.42. The highest BCUT2D eigenvalue weighted by Gasteiger charge is 2.15. The van der Waals surface area contributed by atoms with Crippen molar-refractivity contribution in [3.8, 4) is 5.75 Å². The molecule has 0 radical (unpaired) electrons. The molecule has 37 heavy (non-hydrogen) atoms. The number of benzene rings is 4. The first-order valence-corrected chi connectivity index (χ1v) is 12.2. The molecular weight excluding hydrogens is 460 g/mol. The number of amides is 1. The molecule has 0 atom stereocenters. The van der Waals surface area contributed by atoms with Crippen molar-refractivity contribution >= 4 is 28.6 Å². The number of nitrogens with two attached hydrogens (primary N) is 2. The molecule has 0 aliphatic carbocycles. The van der Waals surface area contributed by atoms with E-state index in [2.05, 4.69) is 17.2 Å². The third-order valence-electron chi connectivity index (χ3n) is 6.24. The predicted molar refractivity (Wildman–Crippen MR) is 151 cm³/mol. The maximum atomic E-state index is 13.2. The maximum Gasteiger partial charge on any atom is 0.226 e. The minimum absolute atomic E-state index is 0.0528. The topological polar surface area (TPSA) is 93.9 Å². The Hall–Kier alpha value is -4.58. The fraction of sp³-hybridized carbons (Fsp3) is 0.161. The number of nitrogens with zero attached hydrogens (tertiary/aromatic N) is 2. The van der Waals surface area contributed by atoms with Crippen LogP contribution in [0.4, 0.5) is 0 Å². The number of ether oxygens (including phenoxy) is 1. The van der Waals surface area contributed by atoms with Gasteiger partial charge >= 0.3 is 0 Å². The van der Waals surface area contributed by atoms with Crippen LogP contribution in [0.25, 0.3) is 16.8 Å². The van der Waals surface area contributed by atoms with Gasteiger partial charge in [0.1, 0.15) is 18.2 Å². The molecule has 0 aliphatic rings. The van der Waals surface area contributed by atoms with Crippen LogP contribution >= 0.6 is 0 Å². The Kier molecular flexibility index (Phi) is 8.55. The molecule has 0 spiro atoms. The molecule has 0 aromatic heterocycles. The second-order valence-corrected chi connectivity index (χ2v) is 8.92. The lowest BCUT2D eigenvalue weighted by atomic mass is 9.97. The Bertz CT molecular complexity index is 1400. The molecule has 6 heteroatoms. The molecule has 1 amide bonds. The molecule has 188 valence electrons. The van der Waals surface area contributed by atoms with Gasteiger partial charge < -0.3 is 21.2 Å². The van der Waals surface area contributed by atoms with Crippen molar-refractivity contribution in [2.75, 3.05) is 13.6 Å². The van der Waals surface area contributed by atoms with E-state index in [1.54, 1.807) is 11.0 Å². The molecule has 4 N–H and O–H groups in total. The number of likely N-dealkylation sites (N-methyl/N-ethyl adjacent to an activating group) is 1. The second-order valence-electron chi connectivity index (χ2n) is 8.92. The standard InChI is InChI=1S/C31H32N4O2/c1-35(18-17-23-9-4-2-5-10-23)31(36)21-26-19-25(15-16-30(32)34-33)20-28-27(26)13-8-14-29(28)37-22-24-11-6-3-7-12-24/h2-16,19-20H,17-18,21-22,33H2,1H3,(H2,32,34)/b16-15+. The summed E-state index contributed by atoms with van der Waals surface area (Å²) in [5.41, 5.74) is 9.85. The van der Waals surface area contributed by atoms with Crippen LogP contribution in [-0.2, 0) is 24.2 Å². The summed E-state index contributed by atoms with van der Waals surface area (Å²) < 4.78 is 6.21. The summed E-state index contributed by atoms with van der Waals surface area (Å²) in [7, 11) is 1.85. The summed E-state index contributed by atoms with van der Waals surface area (Å²) in [6.07, 6.45) is 4.56. The Morgan fingerprint density at radius 1 is 0.919 bits per heavy atom. The Labute approximate surface area is 217 Å². The molecule has 0 aliphatic heterocycles. The van der Waals surface area contributed by atoms with Crippen molar-refractivity contribution < 1.29 is 9.53 Å². The number of hydrogen-bond donors (Lipinski definition) is 2. The van der Waals surface area contributed by atoms with Crippen LogP contribution < -0.4 is 16.3 Å². The average Bonchev–Trinajstić information content (AvgIpc) is 2.94. The van der Waals surface area contributed by atoms with Gasteiger partial charge in [-0.05, 0) is 52.3 Å². The number of carbonyl (C=O) groups is 1. The van der Waals surface area contributed by atoms with Gasteiger partial charge in [0.05, 0.1) is 6.42 Å². The molecule has 0 saturated carbocycles. The van der Waals surface area contributed by atoms with Gasteiger partial charge in [-0.1, -0.05) is 84.9 Å². The highest BCUT2D eigenvalue weighted by Crippen LogP contribution is 2.31. The number of rotatable bonds is 10. The van der Waals surface area contributed by atoms with E-state index in [1.165, 1.54) is 5.56 Å². The van der Waals surface area contributed by atoms with Crippen LogP contribution in [0.5, 0.6) is 5.75 Å². The lowest BCUT2D eigenvalue weighted by molar-refractivity contribution is -0.129. The summed E-state index contributed by atoms with van der Waals surface area (Å²) in [4.78, 5) is 15.0. The number of amidine groups is 1. The zero-order valence-corrected chi connectivity index (χ0v) is 21.0. The van der Waals surface area contributed by atoms with Crippen molar-refractivity contribution in [1.29, 1.82) is 0 Å². The molecule has 0 heterocycles. The predicted octanol–water partition coefficient (Wildman–Crippen LogP) is 4.91. The van der Waals surface area contributed by atoms with Gasteiger partial charge in [0.15, 0.2) is 0 Å². The highest BCUT2D eigenvalue weighted by molar-refractivity contribution is 5.98. The summed E-state index contributed by atoms with van der Waals surface area (Å²) in [6, 6.07) is 30.2. The third kappa shape index (κ3) is 6.98. The summed E-state index contributed by atoms with van der Waals surface area (Å²) in [6.45, 7) is 1.10. The zero-order valence-electron chi connectivity index (χ0n) is 21.0. The average molecular weight is 493 g/mol. The lowest BCUT2D eigenvalue weighted by Gasteiger charge is -2.19. The van der Waals surface area contributed by atoms with E-state index < -0.39 is 0 Å². The monoisotopic (exact) mass is 492 g/mol. The maximum absolute atomic E-state index is 13.2. The van der Waals surface area contributed by atoms with Gasteiger partial charge in [0, 0.05) is 19.0 Å². The normalized spacial score (nSPS) is 11.6. The van der Waals surface area contributed by atoms with Crippen LogP contribution in [0.2, 0.25) is 0 Å². The largest absolute Gasteiger partial charge is 0.488 e. The van der Waals surface area contributed by atoms with Gasteiger partial charge in [-0.25, -0.2) is 0 Å². The van der Waals surface area contributed by atoms with E-state index in [-0.39, 0.29) is 18.2 Å². The van der Waals surface area contributed by atoms with E-state index in [4.69, 9.17) is 16.3 Å². The van der Waals surface area contributed by atoms with Crippen LogP contribution in [0.3, 0.4) is 0 Å². The van der Waals surface area contributed by atoms with Gasteiger partial charge in [-0.2, -0.15) is 5.10 Å². The number of fused-ring (bicyclic) bond motifs is 1. The highest BCUT2D eigenvalue weighted by atomic mass is 16.5. The molecule has 0 saturated heterocycles. The fourth-order valence-corrected chi connectivity index (χ4v) is 4.15.